The Hall–Kier alpha value is -7.86. The van der Waals surface area contributed by atoms with Crippen molar-refractivity contribution >= 4 is 35.8 Å². The smallest absolute Gasteiger partial charge is 0.338 e. The highest BCUT2D eigenvalue weighted by Crippen LogP contribution is 2.43. The summed E-state index contributed by atoms with van der Waals surface area (Å²) in [6.45, 7) is 13.3. The van der Waals surface area contributed by atoms with Gasteiger partial charge >= 0.3 is 35.8 Å². The van der Waals surface area contributed by atoms with Crippen molar-refractivity contribution in [3.8, 4) is 66.8 Å². The summed E-state index contributed by atoms with van der Waals surface area (Å²) in [6, 6.07) is 31.1. The van der Waals surface area contributed by atoms with Crippen LogP contribution in [-0.2, 0) is 34.8 Å². The molecule has 0 aliphatic heterocycles. The number of rotatable bonds is 18. The van der Waals surface area contributed by atoms with Crippen LogP contribution < -0.4 is 0 Å². The molecule has 0 N–H and O–H groups in total. The quantitative estimate of drug-likeness (QED) is 0.0593. The molecular formula is C58H56O12. The van der Waals surface area contributed by atoms with E-state index in [2.05, 4.69) is 19.1 Å². The van der Waals surface area contributed by atoms with Gasteiger partial charge in [-0.15, -0.1) is 0 Å². The first kappa shape index (κ1) is 50.0. The Labute approximate surface area is 407 Å². The van der Waals surface area contributed by atoms with Gasteiger partial charge < -0.3 is 28.4 Å². The van der Waals surface area contributed by atoms with E-state index < -0.39 is 35.8 Å². The molecule has 0 bridgehead atoms. The minimum atomic E-state index is -0.577. The summed E-state index contributed by atoms with van der Waals surface area (Å²) in [5.74, 6) is -3.40. The molecule has 70 heavy (non-hydrogen) atoms. The molecule has 360 valence electrons. The van der Waals surface area contributed by atoms with E-state index in [4.69, 9.17) is 28.4 Å². The zero-order valence-electron chi connectivity index (χ0n) is 40.6. The topological polar surface area (TPSA) is 158 Å². The van der Waals surface area contributed by atoms with Crippen LogP contribution in [0.3, 0.4) is 0 Å². The number of hydrogen-bond acceptors (Lipinski definition) is 12. The fraction of sp³-hybridized carbons (Fsp3) is 0.276. The highest BCUT2D eigenvalue weighted by Gasteiger charge is 2.29. The van der Waals surface area contributed by atoms with E-state index in [1.807, 2.05) is 60.7 Å². The van der Waals surface area contributed by atoms with Crippen LogP contribution in [0.15, 0.2) is 103 Å². The molecule has 6 aliphatic carbocycles. The summed E-state index contributed by atoms with van der Waals surface area (Å²) < 4.78 is 32.5. The average molecular weight is 945 g/mol. The van der Waals surface area contributed by atoms with Gasteiger partial charge in [-0.3, -0.25) is 0 Å². The van der Waals surface area contributed by atoms with Gasteiger partial charge in [-0.05, 0) is 157 Å². The Morgan fingerprint density at radius 1 is 0.300 bits per heavy atom. The lowest BCUT2D eigenvalue weighted by Crippen LogP contribution is -2.05. The highest BCUT2D eigenvalue weighted by atomic mass is 16.5. The first-order valence-electron chi connectivity index (χ1n) is 23.8. The molecule has 0 spiro atoms. The molecule has 0 radical (unpaired) electrons. The summed E-state index contributed by atoms with van der Waals surface area (Å²) in [5, 5.41) is 0. The van der Waals surface area contributed by atoms with Crippen molar-refractivity contribution in [2.45, 2.75) is 67.7 Å². The second kappa shape index (κ2) is 22.5. The maximum Gasteiger partial charge on any atom is 0.338 e. The molecule has 6 aliphatic rings. The van der Waals surface area contributed by atoms with Crippen LogP contribution in [0.1, 0.15) is 129 Å². The normalized spacial score (nSPS) is 11.1. The summed E-state index contributed by atoms with van der Waals surface area (Å²) in [7, 11) is 0. The summed E-state index contributed by atoms with van der Waals surface area (Å²) in [5.41, 5.74) is 10.2. The van der Waals surface area contributed by atoms with Crippen LogP contribution in [0.2, 0.25) is 0 Å². The number of carbonyl (C=O) groups excluding carboxylic acids is 6. The van der Waals surface area contributed by atoms with Crippen molar-refractivity contribution in [2.24, 2.45) is 0 Å². The fourth-order valence-electron chi connectivity index (χ4n) is 8.82. The third-order valence-electron chi connectivity index (χ3n) is 12.0. The lowest BCUT2D eigenvalue weighted by atomic mass is 9.87. The molecule has 7 rings (SSSR count). The van der Waals surface area contributed by atoms with Gasteiger partial charge in [0.25, 0.3) is 0 Å². The summed E-state index contributed by atoms with van der Waals surface area (Å²) in [6.07, 6.45) is 2.43. The van der Waals surface area contributed by atoms with Crippen LogP contribution in [0.25, 0.3) is 66.8 Å². The van der Waals surface area contributed by atoms with Crippen LogP contribution in [0.5, 0.6) is 0 Å². The first-order valence-corrected chi connectivity index (χ1v) is 23.8. The summed E-state index contributed by atoms with van der Waals surface area (Å²) in [4.78, 5) is 80.0. The van der Waals surface area contributed by atoms with Gasteiger partial charge in [0, 0.05) is 0 Å². The maximum absolute atomic E-state index is 13.4. The van der Waals surface area contributed by atoms with Gasteiger partial charge in [0.15, 0.2) is 0 Å². The Bertz CT molecular complexity index is 2860. The molecule has 12 nitrogen and oxygen atoms in total. The van der Waals surface area contributed by atoms with Gasteiger partial charge in [0.05, 0.1) is 73.0 Å². The zero-order chi connectivity index (χ0) is 50.1. The van der Waals surface area contributed by atoms with Gasteiger partial charge in [0.2, 0.25) is 0 Å². The van der Waals surface area contributed by atoms with Gasteiger partial charge in [-0.1, -0.05) is 86.1 Å². The molecule has 0 fully saturated rings. The van der Waals surface area contributed by atoms with Crippen molar-refractivity contribution < 1.29 is 57.2 Å². The van der Waals surface area contributed by atoms with Crippen LogP contribution in [-0.4, -0.2) is 75.5 Å². The molecule has 0 aromatic heterocycles. The van der Waals surface area contributed by atoms with Gasteiger partial charge in [-0.25, -0.2) is 28.8 Å². The molecule has 12 heteroatoms. The Kier molecular flexibility index (Phi) is 16.1. The number of hydrogen-bond donors (Lipinski definition) is 0. The molecule has 1 aromatic carbocycles. The monoisotopic (exact) mass is 944 g/mol. The standard InChI is InChI=1S/C58H56O12/c1-8-15-16-37-29-45(35-19-25-40-41(26-20-35)50(56(62)68-12-5)32-49(40)55(61)67-11-4)46(36-21-27-42-43(28-22-36)52(58(64)70-14-7)33-51(42)57(63)69-13-6)30-44(37)34-17-23-38-39(24-18-34)48(54(60)66-10-3)31-47(38)53(59)65-9-2/h17-33H,8-16H2,1-7H3. The van der Waals surface area contributed by atoms with E-state index in [0.29, 0.717) is 39.8 Å². The SMILES string of the molecule is CCCCc1cc(-c2ccc3c(C(=O)OCC)cc(C(=O)OCC)c-3cc2)c(-c2ccc3c(C(=O)OCC)cc(C(=O)OCC)c-3cc2)cc1-c1ccc2c(C(=O)OCC)cc(C(=O)OCC)c-2cc1. The van der Waals surface area contributed by atoms with Gasteiger partial charge in [0.1, 0.15) is 0 Å². The lowest BCUT2D eigenvalue weighted by Gasteiger charge is -2.17. The molecule has 0 atom stereocenters. The van der Waals surface area contributed by atoms with Crippen molar-refractivity contribution in [2.75, 3.05) is 39.6 Å². The second-order valence-electron chi connectivity index (χ2n) is 16.2. The predicted molar refractivity (Wildman–Crippen MR) is 267 cm³/mol. The van der Waals surface area contributed by atoms with E-state index in [0.717, 1.165) is 51.8 Å². The van der Waals surface area contributed by atoms with Crippen molar-refractivity contribution in [1.82, 2.24) is 0 Å². The predicted octanol–water partition coefficient (Wildman–Crippen LogP) is 12.4. The number of esters is 6. The number of ether oxygens (including phenoxy) is 6. The highest BCUT2D eigenvalue weighted by molar-refractivity contribution is 6.10. The fourth-order valence-corrected chi connectivity index (χ4v) is 8.82. The molecular weight excluding hydrogens is 889 g/mol. The Morgan fingerprint density at radius 2 is 0.543 bits per heavy atom. The third kappa shape index (κ3) is 10.1. The Morgan fingerprint density at radius 3 is 0.786 bits per heavy atom. The van der Waals surface area contributed by atoms with Crippen molar-refractivity contribution in [3.05, 3.63) is 142 Å². The number of unbranched alkanes of at least 4 members (excludes halogenated alkanes) is 1. The van der Waals surface area contributed by atoms with E-state index in [9.17, 15) is 28.8 Å². The molecule has 0 saturated heterocycles. The minimum absolute atomic E-state index is 0.137. The van der Waals surface area contributed by atoms with E-state index in [-0.39, 0.29) is 73.0 Å². The molecule has 0 heterocycles. The first-order chi connectivity index (χ1) is 33.9. The minimum Gasteiger partial charge on any atom is -0.462 e. The molecule has 0 amide bonds. The number of carbonyl (C=O) groups is 6. The third-order valence-corrected chi connectivity index (χ3v) is 12.0. The molecule has 1 aromatic rings. The Balaban J connectivity index is 1.55. The largest absolute Gasteiger partial charge is 0.462 e. The molecule has 0 unspecified atom stereocenters. The average Bonchev–Trinajstić information content (AvgIpc) is 3.83. The van der Waals surface area contributed by atoms with Crippen molar-refractivity contribution in [1.29, 1.82) is 0 Å². The lowest BCUT2D eigenvalue weighted by molar-refractivity contribution is 0.0511. The van der Waals surface area contributed by atoms with Gasteiger partial charge in [-0.2, -0.15) is 0 Å². The van der Waals surface area contributed by atoms with E-state index in [1.54, 1.807) is 53.7 Å². The van der Waals surface area contributed by atoms with E-state index >= 15 is 0 Å². The summed E-state index contributed by atoms with van der Waals surface area (Å²) >= 11 is 0. The number of fused-ring (bicyclic) bond motifs is 3. The van der Waals surface area contributed by atoms with Crippen LogP contribution in [0, 0.1) is 0 Å². The number of aryl methyl sites for hydroxylation is 1. The van der Waals surface area contributed by atoms with E-state index in [1.165, 1.54) is 18.2 Å². The van der Waals surface area contributed by atoms with Crippen molar-refractivity contribution in [3.63, 3.8) is 0 Å². The van der Waals surface area contributed by atoms with Crippen LogP contribution in [0.4, 0.5) is 0 Å². The molecule has 0 saturated carbocycles. The number of benzene rings is 1. The zero-order valence-corrected chi connectivity index (χ0v) is 40.6. The maximum atomic E-state index is 13.4. The van der Waals surface area contributed by atoms with Crippen LogP contribution >= 0.6 is 0 Å². The second-order valence-corrected chi connectivity index (χ2v) is 16.2.